The largest absolute Gasteiger partial charge is 0.481 e. The summed E-state index contributed by atoms with van der Waals surface area (Å²) in [6.07, 6.45) is 3.40. The standard InChI is InChI=1S/C18H22FIN2O2.C13H12INO3/c1-4-16(17(23)22-18(2,3)7-8-19)24-14-5-6-15-12(10-14)9-13(20)11-21-15;1-2-12(13(16)17)18-10-3-4-11-8(6-10)5-9(14)7-15-11/h5-6,9-11,16H,4,7-8H2,1-3H3,(H,22,23);3-7,12H,2H2,1H3,(H,16,17). The number of aliphatic carboxylic acids is 1. The number of alkyl halides is 1. The SMILES string of the molecule is CCC(Oc1ccc2ncc(I)cc2c1)C(=O)NC(C)(C)CCF.CCC(Oc1ccc2ncc(I)cc2c1)C(=O)O. The number of nitrogens with zero attached hydrogens (tertiary/aromatic N) is 2. The number of hydrogen-bond acceptors (Lipinski definition) is 6. The molecule has 2 unspecified atom stereocenters. The lowest BCUT2D eigenvalue weighted by atomic mass is 10.0. The molecule has 42 heavy (non-hydrogen) atoms. The van der Waals surface area contributed by atoms with Gasteiger partial charge in [0.2, 0.25) is 0 Å². The lowest BCUT2D eigenvalue weighted by Gasteiger charge is -2.28. The zero-order valence-electron chi connectivity index (χ0n) is 23.9. The molecule has 2 aromatic carbocycles. The third kappa shape index (κ3) is 9.89. The molecule has 11 heteroatoms. The molecule has 0 aliphatic carbocycles. The van der Waals surface area contributed by atoms with Crippen LogP contribution in [0.2, 0.25) is 0 Å². The van der Waals surface area contributed by atoms with Gasteiger partial charge in [-0.15, -0.1) is 0 Å². The molecule has 224 valence electrons. The normalized spacial score (nSPS) is 12.6. The van der Waals surface area contributed by atoms with Crippen LogP contribution >= 0.6 is 45.2 Å². The van der Waals surface area contributed by atoms with Gasteiger partial charge in [0.1, 0.15) is 11.5 Å². The van der Waals surface area contributed by atoms with Crippen LogP contribution in [0.4, 0.5) is 4.39 Å². The minimum atomic E-state index is -0.946. The summed E-state index contributed by atoms with van der Waals surface area (Å²) < 4.78 is 25.9. The van der Waals surface area contributed by atoms with Gasteiger partial charge in [0, 0.05) is 35.8 Å². The fourth-order valence-electron chi connectivity index (χ4n) is 3.98. The van der Waals surface area contributed by atoms with E-state index in [1.165, 1.54) is 0 Å². The summed E-state index contributed by atoms with van der Waals surface area (Å²) in [5.41, 5.74) is 1.15. The van der Waals surface area contributed by atoms with Gasteiger partial charge in [0.05, 0.1) is 17.7 Å². The highest BCUT2D eigenvalue weighted by atomic mass is 127. The Labute approximate surface area is 272 Å². The zero-order valence-corrected chi connectivity index (χ0v) is 28.2. The van der Waals surface area contributed by atoms with Gasteiger partial charge in [0.15, 0.2) is 12.2 Å². The fourth-order valence-corrected chi connectivity index (χ4v) is 4.93. The lowest BCUT2D eigenvalue weighted by Crippen LogP contribution is -2.49. The minimum absolute atomic E-state index is 0.225. The summed E-state index contributed by atoms with van der Waals surface area (Å²) in [7, 11) is 0. The van der Waals surface area contributed by atoms with E-state index >= 15 is 0 Å². The fraction of sp³-hybridized carbons (Fsp3) is 0.355. The van der Waals surface area contributed by atoms with E-state index in [2.05, 4.69) is 60.5 Å². The van der Waals surface area contributed by atoms with Gasteiger partial charge in [-0.3, -0.25) is 19.2 Å². The average molecular weight is 801 g/mol. The van der Waals surface area contributed by atoms with E-state index in [0.29, 0.717) is 24.3 Å². The number of amides is 1. The van der Waals surface area contributed by atoms with E-state index in [1.54, 1.807) is 39.2 Å². The molecule has 0 saturated heterocycles. The lowest BCUT2D eigenvalue weighted by molar-refractivity contribution is -0.145. The van der Waals surface area contributed by atoms with Crippen molar-refractivity contribution >= 4 is 78.9 Å². The number of carboxylic acid groups (broad SMARTS) is 1. The van der Waals surface area contributed by atoms with Crippen molar-refractivity contribution in [2.24, 2.45) is 0 Å². The molecule has 0 radical (unpaired) electrons. The third-order valence-corrected chi connectivity index (χ3v) is 7.47. The number of aromatic nitrogens is 2. The number of hydrogen-bond donors (Lipinski definition) is 2. The number of carbonyl (C=O) groups excluding carboxylic acids is 1. The van der Waals surface area contributed by atoms with Crippen LogP contribution in [0.3, 0.4) is 0 Å². The smallest absolute Gasteiger partial charge is 0.344 e. The number of benzene rings is 2. The van der Waals surface area contributed by atoms with Gasteiger partial charge in [-0.1, -0.05) is 13.8 Å². The van der Waals surface area contributed by atoms with E-state index < -0.39 is 30.4 Å². The van der Waals surface area contributed by atoms with E-state index in [0.717, 1.165) is 28.9 Å². The minimum Gasteiger partial charge on any atom is -0.481 e. The van der Waals surface area contributed by atoms with Crippen LogP contribution in [0.25, 0.3) is 21.8 Å². The molecule has 2 N–H and O–H groups in total. The van der Waals surface area contributed by atoms with Gasteiger partial charge in [-0.2, -0.15) is 0 Å². The van der Waals surface area contributed by atoms with E-state index in [-0.39, 0.29) is 12.3 Å². The molecule has 0 bridgehead atoms. The highest BCUT2D eigenvalue weighted by Crippen LogP contribution is 2.24. The van der Waals surface area contributed by atoms with E-state index in [1.807, 2.05) is 49.4 Å². The van der Waals surface area contributed by atoms with E-state index in [9.17, 15) is 14.0 Å². The van der Waals surface area contributed by atoms with Crippen LogP contribution < -0.4 is 14.8 Å². The molecule has 0 spiro atoms. The molecule has 2 aromatic heterocycles. The highest BCUT2D eigenvalue weighted by Gasteiger charge is 2.26. The first-order valence-electron chi connectivity index (χ1n) is 13.5. The van der Waals surface area contributed by atoms with Crippen molar-refractivity contribution in [1.29, 1.82) is 0 Å². The first-order valence-corrected chi connectivity index (χ1v) is 15.6. The summed E-state index contributed by atoms with van der Waals surface area (Å²) in [5.74, 6) is 0.00678. The second kappa shape index (κ2) is 15.6. The van der Waals surface area contributed by atoms with Gasteiger partial charge in [0.25, 0.3) is 5.91 Å². The van der Waals surface area contributed by atoms with Crippen molar-refractivity contribution in [3.63, 3.8) is 0 Å². The van der Waals surface area contributed by atoms with E-state index in [4.69, 9.17) is 14.6 Å². The van der Waals surface area contributed by atoms with Crippen LogP contribution in [0.5, 0.6) is 11.5 Å². The highest BCUT2D eigenvalue weighted by molar-refractivity contribution is 14.1. The van der Waals surface area contributed by atoms with Gasteiger partial charge in [-0.05, 0) is 127 Å². The Morgan fingerprint density at radius 3 is 1.79 bits per heavy atom. The maximum atomic E-state index is 12.6. The summed E-state index contributed by atoms with van der Waals surface area (Å²) >= 11 is 4.39. The second-order valence-corrected chi connectivity index (χ2v) is 12.7. The van der Waals surface area contributed by atoms with Crippen molar-refractivity contribution in [3.05, 3.63) is 68.1 Å². The monoisotopic (exact) mass is 801 g/mol. The topological polar surface area (TPSA) is 111 Å². The summed E-state index contributed by atoms with van der Waals surface area (Å²) in [6.45, 7) is 6.81. The van der Waals surface area contributed by atoms with Crippen LogP contribution in [0.15, 0.2) is 60.9 Å². The molecular formula is C31H34FI2N3O5. The molecule has 2 atom stereocenters. The average Bonchev–Trinajstić information content (AvgIpc) is 2.93. The quantitative estimate of drug-likeness (QED) is 0.153. The van der Waals surface area contributed by atoms with Crippen molar-refractivity contribution in [2.75, 3.05) is 6.67 Å². The Bertz CT molecular complexity index is 1540. The van der Waals surface area contributed by atoms with Gasteiger partial charge < -0.3 is 19.9 Å². The number of rotatable bonds is 11. The molecule has 4 aromatic rings. The number of ether oxygens (including phenoxy) is 2. The Balaban J connectivity index is 0.000000240. The summed E-state index contributed by atoms with van der Waals surface area (Å²) in [4.78, 5) is 32.0. The summed E-state index contributed by atoms with van der Waals surface area (Å²) in [6, 6.07) is 15.0. The molecule has 8 nitrogen and oxygen atoms in total. The number of nitrogens with one attached hydrogen (secondary N) is 1. The number of carbonyl (C=O) groups is 2. The molecular weight excluding hydrogens is 767 g/mol. The Morgan fingerprint density at radius 2 is 1.36 bits per heavy atom. The van der Waals surface area contributed by atoms with Crippen molar-refractivity contribution in [3.8, 4) is 11.5 Å². The van der Waals surface area contributed by atoms with Crippen molar-refractivity contribution < 1.29 is 28.6 Å². The first kappa shape index (κ1) is 33.7. The zero-order chi connectivity index (χ0) is 30.9. The van der Waals surface area contributed by atoms with Crippen molar-refractivity contribution in [2.45, 2.75) is 64.7 Å². The van der Waals surface area contributed by atoms with Crippen molar-refractivity contribution in [1.82, 2.24) is 15.3 Å². The second-order valence-electron chi connectivity index (χ2n) is 10.2. The predicted octanol–water partition coefficient (Wildman–Crippen LogP) is 7.33. The molecule has 4 rings (SSSR count). The Morgan fingerprint density at radius 1 is 0.881 bits per heavy atom. The predicted molar refractivity (Wildman–Crippen MR) is 179 cm³/mol. The molecule has 1 amide bonds. The molecule has 0 fully saturated rings. The van der Waals surface area contributed by atoms with Gasteiger partial charge >= 0.3 is 5.97 Å². The molecule has 0 aliphatic heterocycles. The molecule has 0 saturated carbocycles. The third-order valence-electron chi connectivity index (χ3n) is 6.29. The molecule has 2 heterocycles. The summed E-state index contributed by atoms with van der Waals surface area (Å²) in [5, 5.41) is 13.7. The number of halogens is 3. The Kier molecular flexibility index (Phi) is 12.5. The first-order chi connectivity index (χ1) is 19.9. The van der Waals surface area contributed by atoms with Crippen LogP contribution in [0.1, 0.15) is 47.0 Å². The maximum Gasteiger partial charge on any atom is 0.344 e. The Hall–Kier alpha value is -2.81. The number of carboxylic acids is 1. The van der Waals surface area contributed by atoms with Crippen LogP contribution in [-0.2, 0) is 9.59 Å². The van der Waals surface area contributed by atoms with Crippen LogP contribution in [-0.4, -0.2) is 51.4 Å². The van der Waals surface area contributed by atoms with Crippen LogP contribution in [0, 0.1) is 7.14 Å². The number of fused-ring (bicyclic) bond motifs is 2. The molecule has 0 aliphatic rings. The number of pyridine rings is 2. The van der Waals surface area contributed by atoms with Gasteiger partial charge in [-0.25, -0.2) is 4.79 Å². The maximum absolute atomic E-state index is 12.6.